The average molecular weight is 265 g/mol. The predicted molar refractivity (Wildman–Crippen MR) is 65.1 cm³/mol. The fraction of sp³-hybridized carbons (Fsp3) is 0.400. The zero-order chi connectivity index (χ0) is 12.5. The van der Waals surface area contributed by atoms with Gasteiger partial charge in [-0.25, -0.2) is 4.98 Å². The second-order valence-corrected chi connectivity index (χ2v) is 5.01. The number of nitrogen functional groups attached to an aromatic ring is 1. The summed E-state index contributed by atoms with van der Waals surface area (Å²) in [7, 11) is 0. The number of aromatic nitrogens is 3. The van der Waals surface area contributed by atoms with Crippen LogP contribution in [-0.4, -0.2) is 21.1 Å². The molecule has 2 heterocycles. The molecular weight excluding hydrogens is 254 g/mol. The summed E-state index contributed by atoms with van der Waals surface area (Å²) in [6.07, 6.45) is 2.30. The molecule has 0 saturated heterocycles. The fourth-order valence-electron chi connectivity index (χ4n) is 1.51. The lowest BCUT2D eigenvalue weighted by Gasteiger charge is -1.97. The van der Waals surface area contributed by atoms with Crippen LogP contribution in [0.4, 0.5) is 11.1 Å². The molecule has 7 nitrogen and oxygen atoms in total. The van der Waals surface area contributed by atoms with Gasteiger partial charge in [-0.15, -0.1) is 16.4 Å². The van der Waals surface area contributed by atoms with Crippen LogP contribution in [0.3, 0.4) is 0 Å². The first kappa shape index (κ1) is 11.1. The zero-order valence-electron chi connectivity index (χ0n) is 9.42. The molecule has 1 aliphatic rings. The Morgan fingerprint density at radius 2 is 2.39 bits per heavy atom. The van der Waals surface area contributed by atoms with Gasteiger partial charge in [0.2, 0.25) is 11.8 Å². The quantitative estimate of drug-likeness (QED) is 0.859. The lowest BCUT2D eigenvalue weighted by atomic mass is 10.3. The van der Waals surface area contributed by atoms with E-state index < -0.39 is 0 Å². The van der Waals surface area contributed by atoms with Crippen molar-refractivity contribution < 1.29 is 9.21 Å². The number of nitrogens with one attached hydrogen (secondary N) is 1. The van der Waals surface area contributed by atoms with Crippen molar-refractivity contribution >= 4 is 28.4 Å². The van der Waals surface area contributed by atoms with Gasteiger partial charge in [0.15, 0.2) is 5.13 Å². The first-order valence-electron chi connectivity index (χ1n) is 5.54. The van der Waals surface area contributed by atoms with E-state index in [2.05, 4.69) is 20.5 Å². The molecule has 0 radical (unpaired) electrons. The van der Waals surface area contributed by atoms with Crippen LogP contribution in [0.1, 0.15) is 30.3 Å². The van der Waals surface area contributed by atoms with Crippen LogP contribution in [0.2, 0.25) is 0 Å². The second kappa shape index (κ2) is 4.37. The Morgan fingerprint density at radius 1 is 1.56 bits per heavy atom. The lowest BCUT2D eigenvalue weighted by molar-refractivity contribution is -0.115. The number of anilines is 2. The van der Waals surface area contributed by atoms with Crippen LogP contribution in [0.5, 0.6) is 0 Å². The minimum atomic E-state index is -0.244. The highest BCUT2D eigenvalue weighted by Crippen LogP contribution is 2.39. The zero-order valence-corrected chi connectivity index (χ0v) is 10.2. The molecule has 0 unspecified atom stereocenters. The molecule has 8 heteroatoms. The van der Waals surface area contributed by atoms with Crippen LogP contribution in [0.15, 0.2) is 9.80 Å². The van der Waals surface area contributed by atoms with E-state index in [0.29, 0.717) is 22.6 Å². The maximum absolute atomic E-state index is 11.7. The van der Waals surface area contributed by atoms with E-state index in [9.17, 15) is 4.79 Å². The number of thiazole rings is 1. The molecule has 2 aromatic rings. The molecule has 0 spiro atoms. The molecule has 3 N–H and O–H groups in total. The van der Waals surface area contributed by atoms with Crippen LogP contribution in [0.25, 0.3) is 0 Å². The third-order valence-electron chi connectivity index (χ3n) is 2.52. The maximum atomic E-state index is 11.7. The molecular formula is C10H11N5O2S. The molecule has 0 aliphatic heterocycles. The molecule has 18 heavy (non-hydrogen) atoms. The van der Waals surface area contributed by atoms with Crippen molar-refractivity contribution in [2.45, 2.75) is 25.2 Å². The Morgan fingerprint density at radius 3 is 3.06 bits per heavy atom. The van der Waals surface area contributed by atoms with E-state index in [1.807, 2.05) is 0 Å². The summed E-state index contributed by atoms with van der Waals surface area (Å²) in [6, 6.07) is 0.144. The topological polar surface area (TPSA) is 107 Å². The molecule has 1 saturated carbocycles. The number of hydrogen-bond donors (Lipinski definition) is 2. The van der Waals surface area contributed by atoms with E-state index in [0.717, 1.165) is 12.8 Å². The Bertz CT molecular complexity index is 574. The Labute approximate surface area is 106 Å². The van der Waals surface area contributed by atoms with Gasteiger partial charge in [0, 0.05) is 11.3 Å². The summed E-state index contributed by atoms with van der Waals surface area (Å²) in [5, 5.41) is 12.4. The SMILES string of the molecule is Nc1nc(CC(=O)Nc2nnc(C3CC3)o2)cs1. The Kier molecular flexibility index (Phi) is 2.71. The Balaban J connectivity index is 1.59. The monoisotopic (exact) mass is 265 g/mol. The largest absolute Gasteiger partial charge is 0.408 e. The molecule has 1 fully saturated rings. The van der Waals surface area contributed by atoms with Gasteiger partial charge in [0.1, 0.15) is 0 Å². The third kappa shape index (κ3) is 2.48. The molecule has 1 aliphatic carbocycles. The maximum Gasteiger partial charge on any atom is 0.322 e. The normalized spacial score (nSPS) is 14.7. The van der Waals surface area contributed by atoms with Crippen molar-refractivity contribution in [1.82, 2.24) is 15.2 Å². The number of rotatable bonds is 4. The average Bonchev–Trinajstić information content (AvgIpc) is 2.95. The fourth-order valence-corrected chi connectivity index (χ4v) is 2.07. The highest BCUT2D eigenvalue weighted by Gasteiger charge is 2.29. The predicted octanol–water partition coefficient (Wildman–Crippen LogP) is 1.17. The molecule has 0 aromatic carbocycles. The summed E-state index contributed by atoms with van der Waals surface area (Å²) in [4.78, 5) is 15.7. The van der Waals surface area contributed by atoms with Gasteiger partial charge in [-0.2, -0.15) is 0 Å². The van der Waals surface area contributed by atoms with E-state index in [4.69, 9.17) is 10.2 Å². The van der Waals surface area contributed by atoms with Gasteiger partial charge in [0.05, 0.1) is 12.1 Å². The molecule has 94 valence electrons. The highest BCUT2D eigenvalue weighted by molar-refractivity contribution is 7.13. The first-order valence-corrected chi connectivity index (χ1v) is 6.42. The Hall–Kier alpha value is -1.96. The number of nitrogens with zero attached hydrogens (tertiary/aromatic N) is 3. The van der Waals surface area contributed by atoms with Gasteiger partial charge in [-0.3, -0.25) is 10.1 Å². The molecule has 3 rings (SSSR count). The summed E-state index contributed by atoms with van der Waals surface area (Å²) < 4.78 is 5.32. The van der Waals surface area contributed by atoms with Gasteiger partial charge in [-0.05, 0) is 12.8 Å². The van der Waals surface area contributed by atoms with Crippen molar-refractivity contribution in [2.24, 2.45) is 0 Å². The highest BCUT2D eigenvalue weighted by atomic mass is 32.1. The van der Waals surface area contributed by atoms with Crippen molar-refractivity contribution in [3.05, 3.63) is 17.0 Å². The molecule has 1 amide bonds. The van der Waals surface area contributed by atoms with Crippen LogP contribution in [-0.2, 0) is 11.2 Å². The van der Waals surface area contributed by atoms with E-state index >= 15 is 0 Å². The minimum absolute atomic E-state index is 0.144. The van der Waals surface area contributed by atoms with Crippen molar-refractivity contribution in [1.29, 1.82) is 0 Å². The minimum Gasteiger partial charge on any atom is -0.408 e. The van der Waals surface area contributed by atoms with E-state index in [1.54, 1.807) is 5.38 Å². The number of carbonyl (C=O) groups excluding carboxylic acids is 1. The van der Waals surface area contributed by atoms with Gasteiger partial charge in [-0.1, -0.05) is 5.10 Å². The lowest BCUT2D eigenvalue weighted by Crippen LogP contribution is -2.14. The molecule has 0 bridgehead atoms. The summed E-state index contributed by atoms with van der Waals surface area (Å²) in [5.41, 5.74) is 6.12. The van der Waals surface area contributed by atoms with Crippen LogP contribution >= 0.6 is 11.3 Å². The summed E-state index contributed by atoms with van der Waals surface area (Å²) in [6.45, 7) is 0. The summed E-state index contributed by atoms with van der Waals surface area (Å²) in [5.74, 6) is 0.732. The van der Waals surface area contributed by atoms with Gasteiger partial charge < -0.3 is 10.2 Å². The number of amides is 1. The molecule has 0 atom stereocenters. The van der Waals surface area contributed by atoms with Crippen molar-refractivity contribution in [2.75, 3.05) is 11.1 Å². The van der Waals surface area contributed by atoms with Crippen LogP contribution in [0, 0.1) is 0 Å². The number of carbonyl (C=O) groups is 1. The summed E-state index contributed by atoms with van der Waals surface area (Å²) >= 11 is 1.30. The van der Waals surface area contributed by atoms with Crippen LogP contribution < -0.4 is 11.1 Å². The van der Waals surface area contributed by atoms with Crippen molar-refractivity contribution in [3.8, 4) is 0 Å². The van der Waals surface area contributed by atoms with E-state index in [1.165, 1.54) is 11.3 Å². The van der Waals surface area contributed by atoms with Gasteiger partial charge >= 0.3 is 6.01 Å². The number of hydrogen-bond acceptors (Lipinski definition) is 7. The first-order chi connectivity index (χ1) is 8.70. The standard InChI is InChI=1S/C10H11N5O2S/c11-9-12-6(4-18-9)3-7(16)13-10-15-14-8(17-10)5-1-2-5/h4-5H,1-3H2,(H2,11,12)(H,13,15,16). The number of nitrogens with two attached hydrogens (primary N) is 1. The second-order valence-electron chi connectivity index (χ2n) is 4.12. The third-order valence-corrected chi connectivity index (χ3v) is 3.25. The smallest absolute Gasteiger partial charge is 0.322 e. The van der Waals surface area contributed by atoms with Gasteiger partial charge in [0.25, 0.3) is 0 Å². The van der Waals surface area contributed by atoms with E-state index in [-0.39, 0.29) is 18.3 Å². The molecule has 2 aromatic heterocycles. The van der Waals surface area contributed by atoms with Crippen molar-refractivity contribution in [3.63, 3.8) is 0 Å².